The number of nitrogens with one attached hydrogen (secondary N) is 1. The highest BCUT2D eigenvalue weighted by Gasteiger charge is 2.49. The summed E-state index contributed by atoms with van der Waals surface area (Å²) >= 11 is 0. The second-order valence-electron chi connectivity index (χ2n) is 11.6. The predicted octanol–water partition coefficient (Wildman–Crippen LogP) is 6.47. The minimum Gasteiger partial charge on any atom is -0.407 e. The van der Waals surface area contributed by atoms with Crippen LogP contribution in [0, 0.1) is 0 Å². The maximum absolute atomic E-state index is 15.6. The lowest BCUT2D eigenvalue weighted by atomic mass is 10.1. The molecule has 3 aromatic carbocycles. The first kappa shape index (κ1) is 30.2. The lowest BCUT2D eigenvalue weighted by Crippen LogP contribution is -2.66. The van der Waals surface area contributed by atoms with E-state index >= 15 is 4.39 Å². The molecule has 0 heterocycles. The lowest BCUT2D eigenvalue weighted by molar-refractivity contribution is 0.303. The smallest absolute Gasteiger partial charge is 0.261 e. The minimum atomic E-state index is -2.68. The molecule has 204 valence electrons. The van der Waals surface area contributed by atoms with Crippen LogP contribution in [0.3, 0.4) is 0 Å². The molecule has 1 unspecified atom stereocenters. The average Bonchev–Trinajstić information content (AvgIpc) is 2.88. The van der Waals surface area contributed by atoms with Crippen molar-refractivity contribution in [3.63, 3.8) is 0 Å². The average molecular weight is 552 g/mol. The van der Waals surface area contributed by atoms with Crippen molar-refractivity contribution in [3.8, 4) is 0 Å². The van der Waals surface area contributed by atoms with E-state index in [-0.39, 0.29) is 10.9 Å². The van der Waals surface area contributed by atoms with Gasteiger partial charge in [0.25, 0.3) is 8.32 Å². The molecule has 0 aliphatic rings. The van der Waals surface area contributed by atoms with E-state index in [0.29, 0.717) is 19.4 Å². The number of hydrogen-bond acceptors (Lipinski definition) is 2. The van der Waals surface area contributed by atoms with E-state index in [1.807, 2.05) is 63.2 Å². The molecule has 0 aliphatic carbocycles. The van der Waals surface area contributed by atoms with Crippen LogP contribution in [0.25, 0.3) is 0 Å². The van der Waals surface area contributed by atoms with Gasteiger partial charge in [0.15, 0.2) is 0 Å². The highest BCUT2D eigenvalue weighted by Crippen LogP contribution is 2.36. The Hall–Kier alpha value is -2.38. The molecule has 0 saturated heterocycles. The quantitative estimate of drug-likeness (QED) is 0.219. The first-order chi connectivity index (χ1) is 17.9. The van der Waals surface area contributed by atoms with Crippen LogP contribution in [0.2, 0.25) is 5.04 Å². The molecule has 3 rings (SSSR count). The number of rotatable bonds is 11. The Labute approximate surface area is 232 Å². The zero-order chi connectivity index (χ0) is 27.8. The van der Waals surface area contributed by atoms with Crippen molar-refractivity contribution in [1.29, 1.82) is 0 Å². The first-order valence-electron chi connectivity index (χ1n) is 13.3. The van der Waals surface area contributed by atoms with Crippen LogP contribution in [0.4, 0.5) is 4.39 Å². The van der Waals surface area contributed by atoms with Crippen molar-refractivity contribution < 1.29 is 13.0 Å². The summed E-state index contributed by atoms with van der Waals surface area (Å²) in [6, 6.07) is 30.0. The monoisotopic (exact) mass is 551 g/mol. The molecule has 3 aromatic rings. The Balaban J connectivity index is 1.85. The minimum absolute atomic E-state index is 0.140. The van der Waals surface area contributed by atoms with Gasteiger partial charge in [-0.15, -0.1) is 0 Å². The molecular weight excluding hydrogens is 510 g/mol. The van der Waals surface area contributed by atoms with Gasteiger partial charge in [-0.25, -0.2) is 13.3 Å². The Kier molecular flexibility index (Phi) is 10.4. The van der Waals surface area contributed by atoms with Crippen molar-refractivity contribution in [2.45, 2.75) is 70.2 Å². The molecule has 1 N–H and O–H groups in total. The van der Waals surface area contributed by atoms with E-state index in [2.05, 4.69) is 74.0 Å². The molecule has 0 spiro atoms. The van der Waals surface area contributed by atoms with Crippen molar-refractivity contribution in [3.05, 3.63) is 108 Å². The first-order valence-corrected chi connectivity index (χ1v) is 16.3. The van der Waals surface area contributed by atoms with Crippen molar-refractivity contribution in [2.24, 2.45) is 0 Å². The van der Waals surface area contributed by atoms with Crippen LogP contribution in [0.5, 0.6) is 0 Å². The molecule has 0 saturated carbocycles. The second kappa shape index (κ2) is 13.1. The third-order valence-electron chi connectivity index (χ3n) is 6.61. The van der Waals surface area contributed by atoms with E-state index in [4.69, 9.17) is 4.43 Å². The van der Waals surface area contributed by atoms with E-state index in [1.165, 1.54) is 10.4 Å². The zero-order valence-corrected chi connectivity index (χ0v) is 25.4. The predicted molar refractivity (Wildman–Crippen MR) is 162 cm³/mol. The van der Waals surface area contributed by atoms with Gasteiger partial charge in [0, 0.05) is 6.61 Å². The van der Waals surface area contributed by atoms with E-state index in [1.54, 1.807) is 6.08 Å². The van der Waals surface area contributed by atoms with E-state index in [0.717, 1.165) is 5.56 Å². The second-order valence-corrected chi connectivity index (χ2v) is 17.9. The van der Waals surface area contributed by atoms with Gasteiger partial charge >= 0.3 is 0 Å². The summed E-state index contributed by atoms with van der Waals surface area (Å²) in [7, 11) is -4.08. The molecule has 2 atom stereocenters. The molecule has 38 heavy (non-hydrogen) atoms. The van der Waals surface area contributed by atoms with Gasteiger partial charge in [-0.2, -0.15) is 0 Å². The van der Waals surface area contributed by atoms with E-state index in [9.17, 15) is 4.21 Å². The Morgan fingerprint density at radius 2 is 1.34 bits per heavy atom. The van der Waals surface area contributed by atoms with Gasteiger partial charge in [0.05, 0.1) is 21.8 Å². The molecule has 0 aromatic heterocycles. The number of halogens is 1. The summed E-state index contributed by atoms with van der Waals surface area (Å²) in [4.78, 5) is 0. The molecule has 0 amide bonds. The summed E-state index contributed by atoms with van der Waals surface area (Å²) in [5.74, 6) is -0.308. The summed E-state index contributed by atoms with van der Waals surface area (Å²) in [6.07, 6.45) is 2.43. The van der Waals surface area contributed by atoms with Gasteiger partial charge in [-0.05, 0) is 60.7 Å². The fourth-order valence-corrected chi connectivity index (χ4v) is 10.1. The van der Waals surface area contributed by atoms with E-state index < -0.39 is 30.1 Å². The van der Waals surface area contributed by atoms with Gasteiger partial charge in [0.1, 0.15) is 5.83 Å². The summed E-state index contributed by atoms with van der Waals surface area (Å²) in [6.45, 7) is 12.7. The fourth-order valence-electron chi connectivity index (χ4n) is 4.66. The van der Waals surface area contributed by atoms with Crippen LogP contribution in [0.1, 0.15) is 53.5 Å². The Morgan fingerprint density at radius 1 is 0.868 bits per heavy atom. The molecule has 0 radical (unpaired) electrons. The highest BCUT2D eigenvalue weighted by molar-refractivity contribution is 7.84. The Morgan fingerprint density at radius 3 is 1.79 bits per heavy atom. The standard InChI is InChI=1S/C32H42FNO2SSi/c1-31(2,3)37(35)34-30(25-26-17-10-7-11-18-26)29(33)23-16-24-36-38(32(4,5)6,27-19-12-8-13-20-27)28-21-14-9-15-22-28/h7-15,17-23,30,34H,16,24-25H2,1-6H3/b29-23-/t30-,37?/m1/s1. The SMILES string of the molecule is CC(C)(C)S(=O)N[C@H](Cc1ccccc1)/C(F)=C/CCO[Si](c1ccccc1)(c1ccccc1)C(C)(C)C. The normalized spacial score (nSPS) is 14.8. The topological polar surface area (TPSA) is 38.3 Å². The van der Waals surface area contributed by atoms with Gasteiger partial charge in [-0.3, -0.25) is 0 Å². The van der Waals surface area contributed by atoms with Gasteiger partial charge in [-0.1, -0.05) is 112 Å². The number of benzene rings is 3. The van der Waals surface area contributed by atoms with Crippen LogP contribution in [0.15, 0.2) is 103 Å². The molecule has 0 fully saturated rings. The largest absolute Gasteiger partial charge is 0.407 e. The van der Waals surface area contributed by atoms with Crippen molar-refractivity contribution in [2.75, 3.05) is 6.61 Å². The fraction of sp³-hybridized carbons (Fsp3) is 0.375. The third-order valence-corrected chi connectivity index (χ3v) is 13.3. The van der Waals surface area contributed by atoms with Gasteiger partial charge < -0.3 is 4.43 Å². The molecule has 3 nitrogen and oxygen atoms in total. The van der Waals surface area contributed by atoms with Crippen molar-refractivity contribution >= 4 is 29.7 Å². The lowest BCUT2D eigenvalue weighted by Gasteiger charge is -2.43. The van der Waals surface area contributed by atoms with Crippen LogP contribution in [-0.2, 0) is 21.8 Å². The Bertz CT molecular complexity index is 1150. The maximum atomic E-state index is 15.6. The molecule has 0 aliphatic heterocycles. The van der Waals surface area contributed by atoms with Crippen LogP contribution in [-0.4, -0.2) is 29.9 Å². The maximum Gasteiger partial charge on any atom is 0.261 e. The highest BCUT2D eigenvalue weighted by atomic mass is 32.2. The van der Waals surface area contributed by atoms with Crippen molar-refractivity contribution in [1.82, 2.24) is 4.72 Å². The van der Waals surface area contributed by atoms with Gasteiger partial charge in [0.2, 0.25) is 0 Å². The summed E-state index contributed by atoms with van der Waals surface area (Å²) < 4.78 is 37.9. The third kappa shape index (κ3) is 7.60. The molecular formula is C32H42FNO2SSi. The molecule has 0 bridgehead atoms. The van der Waals surface area contributed by atoms with Crippen LogP contribution < -0.4 is 15.1 Å². The number of hydrogen-bond donors (Lipinski definition) is 1. The summed E-state index contributed by atoms with van der Waals surface area (Å²) in [5.41, 5.74) is 0.989. The zero-order valence-electron chi connectivity index (χ0n) is 23.5. The van der Waals surface area contributed by atoms with Crippen LogP contribution >= 0.6 is 0 Å². The molecule has 6 heteroatoms. The summed E-state index contributed by atoms with van der Waals surface area (Å²) in [5, 5.41) is 2.26.